The van der Waals surface area contributed by atoms with Gasteiger partial charge in [-0.05, 0) is 24.5 Å². The normalized spacial score (nSPS) is 17.5. The van der Waals surface area contributed by atoms with E-state index in [-0.39, 0.29) is 24.0 Å². The molecule has 30 heavy (non-hydrogen) atoms. The smallest absolute Gasteiger partial charge is 0.381 e. The Morgan fingerprint density at radius 3 is 2.60 bits per heavy atom. The molecule has 2 N–H and O–H groups in total. The molecule has 172 valence electrons. The summed E-state index contributed by atoms with van der Waals surface area (Å²) in [6.07, 6.45) is -2.44. The van der Waals surface area contributed by atoms with Crippen LogP contribution in [0.3, 0.4) is 0 Å². The van der Waals surface area contributed by atoms with Gasteiger partial charge in [-0.2, -0.15) is 13.2 Å². The van der Waals surface area contributed by atoms with E-state index < -0.39 is 17.2 Å². The van der Waals surface area contributed by atoms with Crippen molar-refractivity contribution in [3.05, 3.63) is 35.4 Å². The minimum absolute atomic E-state index is 0. The number of nitrogens with one attached hydrogen (secondary N) is 2. The number of nitrogens with zero attached hydrogens (tertiary/aromatic N) is 1. The molecular formula is C21H33F3IN3O2. The number of halogens is 4. The molecule has 0 spiro atoms. The van der Waals surface area contributed by atoms with Crippen LogP contribution < -0.4 is 10.6 Å². The molecule has 0 aromatic heterocycles. The van der Waals surface area contributed by atoms with Crippen LogP contribution in [0.1, 0.15) is 37.8 Å². The molecule has 0 amide bonds. The van der Waals surface area contributed by atoms with Crippen LogP contribution in [0.15, 0.2) is 29.3 Å². The molecule has 5 nitrogen and oxygen atoms in total. The number of hydrogen-bond acceptors (Lipinski definition) is 3. The van der Waals surface area contributed by atoms with Crippen molar-refractivity contribution in [1.29, 1.82) is 0 Å². The molecule has 2 rings (SSSR count). The predicted octanol–water partition coefficient (Wildman–Crippen LogP) is 4.21. The van der Waals surface area contributed by atoms with Crippen molar-refractivity contribution >= 4 is 29.9 Å². The first-order valence-corrected chi connectivity index (χ1v) is 10.00. The second-order valence-electron chi connectivity index (χ2n) is 7.97. The molecule has 9 heteroatoms. The maximum atomic E-state index is 13.0. The topological polar surface area (TPSA) is 54.9 Å². The number of alkyl halides is 3. The molecule has 1 aliphatic heterocycles. The first kappa shape index (κ1) is 27.0. The molecule has 1 atom stereocenters. The Morgan fingerprint density at radius 1 is 1.23 bits per heavy atom. The Morgan fingerprint density at radius 2 is 1.97 bits per heavy atom. The Labute approximate surface area is 194 Å². The van der Waals surface area contributed by atoms with Gasteiger partial charge in [0.1, 0.15) is 0 Å². The van der Waals surface area contributed by atoms with E-state index in [1.165, 1.54) is 12.1 Å². The summed E-state index contributed by atoms with van der Waals surface area (Å²) in [6, 6.07) is 5.48. The van der Waals surface area contributed by atoms with Gasteiger partial charge in [-0.25, -0.2) is 0 Å². The molecule has 0 radical (unpaired) electrons. The van der Waals surface area contributed by atoms with Gasteiger partial charge >= 0.3 is 6.18 Å². The summed E-state index contributed by atoms with van der Waals surface area (Å²) in [4.78, 5) is 4.18. The third kappa shape index (κ3) is 8.97. The van der Waals surface area contributed by atoms with Gasteiger partial charge in [-0.15, -0.1) is 24.0 Å². The fourth-order valence-electron chi connectivity index (χ4n) is 3.09. The highest BCUT2D eigenvalue weighted by atomic mass is 127. The highest BCUT2D eigenvalue weighted by Gasteiger charge is 2.32. The Bertz CT molecular complexity index is 663. The molecule has 0 saturated carbocycles. The van der Waals surface area contributed by atoms with Crippen LogP contribution in [0.4, 0.5) is 13.2 Å². The van der Waals surface area contributed by atoms with Crippen LogP contribution in [0.5, 0.6) is 0 Å². The number of rotatable bonds is 9. The van der Waals surface area contributed by atoms with Gasteiger partial charge in [-0.1, -0.05) is 32.0 Å². The van der Waals surface area contributed by atoms with Crippen molar-refractivity contribution in [2.24, 2.45) is 10.9 Å². The molecule has 1 heterocycles. The molecule has 1 saturated heterocycles. The van der Waals surface area contributed by atoms with Crippen molar-refractivity contribution in [3.8, 4) is 0 Å². The van der Waals surface area contributed by atoms with Crippen molar-refractivity contribution in [2.45, 2.75) is 38.3 Å². The fourth-order valence-corrected chi connectivity index (χ4v) is 3.09. The molecular weight excluding hydrogens is 510 g/mol. The lowest BCUT2D eigenvalue weighted by molar-refractivity contribution is -0.137. The van der Waals surface area contributed by atoms with Crippen LogP contribution >= 0.6 is 24.0 Å². The zero-order valence-electron chi connectivity index (χ0n) is 17.8. The fraction of sp³-hybridized carbons (Fsp3) is 0.667. The van der Waals surface area contributed by atoms with Crippen LogP contribution in [0.2, 0.25) is 0 Å². The van der Waals surface area contributed by atoms with Gasteiger partial charge in [0.25, 0.3) is 0 Å². The minimum Gasteiger partial charge on any atom is -0.381 e. The van der Waals surface area contributed by atoms with E-state index in [2.05, 4.69) is 15.6 Å². The largest absolute Gasteiger partial charge is 0.416 e. The standard InChI is InChI=1S/C21H32F3N3O2.HI/c1-20(2,17-6-4-7-18(12-17)21(22,23)24)15-27-19(25-3)26-9-5-10-28-13-16-8-11-29-14-16;/h4,6-7,12,16H,5,8-11,13-15H2,1-3H3,(H2,25,26,27);1H. The second kappa shape index (κ2) is 12.7. The van der Waals surface area contributed by atoms with Gasteiger partial charge in [0, 0.05) is 44.7 Å². The van der Waals surface area contributed by atoms with E-state index in [0.717, 1.165) is 38.7 Å². The Kier molecular flexibility index (Phi) is 11.4. The van der Waals surface area contributed by atoms with Gasteiger partial charge in [0.15, 0.2) is 5.96 Å². The Balaban J connectivity index is 0.00000450. The summed E-state index contributed by atoms with van der Waals surface area (Å²) in [5, 5.41) is 6.41. The van der Waals surface area contributed by atoms with E-state index in [9.17, 15) is 13.2 Å². The first-order valence-electron chi connectivity index (χ1n) is 10.00. The van der Waals surface area contributed by atoms with Crippen molar-refractivity contribution in [2.75, 3.05) is 46.6 Å². The van der Waals surface area contributed by atoms with E-state index in [4.69, 9.17) is 9.47 Å². The number of hydrogen-bond donors (Lipinski definition) is 2. The maximum absolute atomic E-state index is 13.0. The lowest BCUT2D eigenvalue weighted by atomic mass is 9.84. The van der Waals surface area contributed by atoms with Gasteiger partial charge in [-0.3, -0.25) is 4.99 Å². The van der Waals surface area contributed by atoms with E-state index >= 15 is 0 Å². The van der Waals surface area contributed by atoms with Crippen LogP contribution in [0, 0.1) is 5.92 Å². The summed E-state index contributed by atoms with van der Waals surface area (Å²) in [7, 11) is 1.67. The van der Waals surface area contributed by atoms with Crippen LogP contribution in [-0.2, 0) is 21.1 Å². The average molecular weight is 543 g/mol. The highest BCUT2D eigenvalue weighted by Crippen LogP contribution is 2.32. The summed E-state index contributed by atoms with van der Waals surface area (Å²) < 4.78 is 49.9. The summed E-state index contributed by atoms with van der Waals surface area (Å²) in [5.41, 5.74) is -0.500. The maximum Gasteiger partial charge on any atom is 0.416 e. The van der Waals surface area contributed by atoms with E-state index in [1.54, 1.807) is 13.1 Å². The van der Waals surface area contributed by atoms with Crippen molar-refractivity contribution in [1.82, 2.24) is 10.6 Å². The molecule has 1 aromatic carbocycles. The molecule has 1 unspecified atom stereocenters. The van der Waals surface area contributed by atoms with Gasteiger partial charge in [0.05, 0.1) is 18.8 Å². The van der Waals surface area contributed by atoms with Crippen molar-refractivity contribution < 1.29 is 22.6 Å². The van der Waals surface area contributed by atoms with Crippen LogP contribution in [-0.4, -0.2) is 52.5 Å². The lowest BCUT2D eigenvalue weighted by Crippen LogP contribution is -2.43. The SMILES string of the molecule is CN=C(NCCCOCC1CCOC1)NCC(C)(C)c1cccc(C(F)(F)F)c1.I. The summed E-state index contributed by atoms with van der Waals surface area (Å²) in [6.45, 7) is 7.98. The number of benzene rings is 1. The molecule has 1 aliphatic rings. The summed E-state index contributed by atoms with van der Waals surface area (Å²) >= 11 is 0. The van der Waals surface area contributed by atoms with E-state index in [1.807, 2.05) is 13.8 Å². The monoisotopic (exact) mass is 543 g/mol. The average Bonchev–Trinajstić information content (AvgIpc) is 3.20. The third-order valence-electron chi connectivity index (χ3n) is 5.03. The first-order chi connectivity index (χ1) is 13.7. The molecule has 1 fully saturated rings. The minimum atomic E-state index is -4.34. The van der Waals surface area contributed by atoms with E-state index in [0.29, 0.717) is 37.1 Å². The molecule has 0 bridgehead atoms. The third-order valence-corrected chi connectivity index (χ3v) is 5.03. The van der Waals surface area contributed by atoms with Crippen LogP contribution in [0.25, 0.3) is 0 Å². The zero-order chi connectivity index (χ0) is 21.3. The second-order valence-corrected chi connectivity index (χ2v) is 7.97. The highest BCUT2D eigenvalue weighted by molar-refractivity contribution is 14.0. The quantitative estimate of drug-likeness (QED) is 0.212. The van der Waals surface area contributed by atoms with Crippen molar-refractivity contribution in [3.63, 3.8) is 0 Å². The van der Waals surface area contributed by atoms with Gasteiger partial charge in [0.2, 0.25) is 0 Å². The van der Waals surface area contributed by atoms with Gasteiger partial charge < -0.3 is 20.1 Å². The zero-order valence-corrected chi connectivity index (χ0v) is 20.2. The summed E-state index contributed by atoms with van der Waals surface area (Å²) in [5.74, 6) is 1.13. The predicted molar refractivity (Wildman–Crippen MR) is 124 cm³/mol. The number of aliphatic imine (C=N–C) groups is 1. The number of guanidine groups is 1. The number of ether oxygens (including phenoxy) is 2. The lowest BCUT2D eigenvalue weighted by Gasteiger charge is -2.27. The molecule has 1 aromatic rings. The Hall–Kier alpha value is -1.07. The molecule has 0 aliphatic carbocycles.